The zero-order chi connectivity index (χ0) is 17.8. The van der Waals surface area contributed by atoms with Crippen LogP contribution < -0.4 is 4.74 Å². The van der Waals surface area contributed by atoms with Crippen LogP contribution in [0.15, 0.2) is 48.5 Å². The third kappa shape index (κ3) is 3.65. The number of benzene rings is 2. The number of rotatable bonds is 5. The number of nitrogens with zero attached hydrogens (tertiary/aromatic N) is 1. The van der Waals surface area contributed by atoms with Crippen molar-refractivity contribution < 1.29 is 19.4 Å². The molecule has 0 saturated heterocycles. The zero-order valence-electron chi connectivity index (χ0n) is 14.1. The van der Waals surface area contributed by atoms with E-state index in [2.05, 4.69) is 0 Å². The first-order valence-electron chi connectivity index (χ1n) is 8.31. The van der Waals surface area contributed by atoms with Crippen molar-refractivity contribution in [3.05, 3.63) is 65.2 Å². The number of aryl methyl sites for hydroxylation is 1. The largest absolute Gasteiger partial charge is 0.496 e. The molecule has 0 spiro atoms. The van der Waals surface area contributed by atoms with Crippen molar-refractivity contribution in [1.82, 2.24) is 4.90 Å². The van der Waals surface area contributed by atoms with Gasteiger partial charge in [-0.2, -0.15) is 0 Å². The van der Waals surface area contributed by atoms with E-state index in [4.69, 9.17) is 4.74 Å². The van der Waals surface area contributed by atoms with E-state index in [0.717, 1.165) is 22.4 Å². The van der Waals surface area contributed by atoms with Crippen molar-refractivity contribution in [1.29, 1.82) is 0 Å². The summed E-state index contributed by atoms with van der Waals surface area (Å²) in [5, 5.41) is 9.54. The highest BCUT2D eigenvalue weighted by atomic mass is 16.5. The van der Waals surface area contributed by atoms with Gasteiger partial charge in [-0.1, -0.05) is 42.5 Å². The lowest BCUT2D eigenvalue weighted by molar-refractivity contribution is -0.151. The molecular formula is C20H21NO4. The van der Waals surface area contributed by atoms with Crippen LogP contribution in [0, 0.1) is 0 Å². The summed E-state index contributed by atoms with van der Waals surface area (Å²) in [4.78, 5) is 25.8. The minimum Gasteiger partial charge on any atom is -0.496 e. The normalized spacial score (nSPS) is 16.2. The second-order valence-electron chi connectivity index (χ2n) is 6.16. The first kappa shape index (κ1) is 17.0. The van der Waals surface area contributed by atoms with E-state index >= 15 is 0 Å². The SMILES string of the molecule is COc1ccccc1CCC(=O)N1Cc2ccccc2C[C@H]1C(=O)O. The Bertz CT molecular complexity index is 787. The number of hydrogen-bond donors (Lipinski definition) is 1. The summed E-state index contributed by atoms with van der Waals surface area (Å²) in [7, 11) is 1.60. The average Bonchev–Trinajstić information content (AvgIpc) is 2.65. The smallest absolute Gasteiger partial charge is 0.326 e. The predicted octanol–water partition coefficient (Wildman–Crippen LogP) is 2.67. The van der Waals surface area contributed by atoms with Gasteiger partial charge in [0.25, 0.3) is 0 Å². The fourth-order valence-electron chi connectivity index (χ4n) is 3.30. The number of carboxylic acids is 1. The molecule has 0 aliphatic carbocycles. The molecule has 1 aliphatic heterocycles. The Morgan fingerprint density at radius 2 is 1.80 bits per heavy atom. The Morgan fingerprint density at radius 1 is 1.12 bits per heavy atom. The maximum atomic E-state index is 12.7. The van der Waals surface area contributed by atoms with Crippen LogP contribution >= 0.6 is 0 Å². The fraction of sp³-hybridized carbons (Fsp3) is 0.300. The van der Waals surface area contributed by atoms with Crippen LogP contribution in [0.5, 0.6) is 5.75 Å². The van der Waals surface area contributed by atoms with Crippen molar-refractivity contribution in [3.63, 3.8) is 0 Å². The molecule has 1 amide bonds. The quantitative estimate of drug-likeness (QED) is 0.909. The maximum absolute atomic E-state index is 12.7. The Morgan fingerprint density at radius 3 is 2.52 bits per heavy atom. The summed E-state index contributed by atoms with van der Waals surface area (Å²) >= 11 is 0. The number of carbonyl (C=O) groups excluding carboxylic acids is 1. The lowest BCUT2D eigenvalue weighted by atomic mass is 9.93. The summed E-state index contributed by atoms with van der Waals surface area (Å²) in [6, 6.07) is 14.5. The number of methoxy groups -OCH3 is 1. The summed E-state index contributed by atoms with van der Waals surface area (Å²) in [5.74, 6) is -0.359. The molecule has 1 aliphatic rings. The summed E-state index contributed by atoms with van der Waals surface area (Å²) < 4.78 is 5.31. The molecule has 0 radical (unpaired) electrons. The minimum atomic E-state index is -0.958. The van der Waals surface area contributed by atoms with Gasteiger partial charge >= 0.3 is 5.97 Å². The molecule has 5 nitrogen and oxygen atoms in total. The number of para-hydroxylation sites is 1. The summed E-state index contributed by atoms with van der Waals surface area (Å²) in [6.07, 6.45) is 1.13. The highest BCUT2D eigenvalue weighted by molar-refractivity contribution is 5.84. The van der Waals surface area contributed by atoms with E-state index in [1.54, 1.807) is 7.11 Å². The van der Waals surface area contributed by atoms with Crippen molar-refractivity contribution in [2.45, 2.75) is 31.8 Å². The molecule has 0 unspecified atom stereocenters. The van der Waals surface area contributed by atoms with Crippen molar-refractivity contribution >= 4 is 11.9 Å². The molecule has 2 aromatic carbocycles. The maximum Gasteiger partial charge on any atom is 0.326 e. The highest BCUT2D eigenvalue weighted by Crippen LogP contribution is 2.25. The van der Waals surface area contributed by atoms with Crippen LogP contribution in [-0.2, 0) is 29.0 Å². The van der Waals surface area contributed by atoms with Crippen LogP contribution in [-0.4, -0.2) is 35.0 Å². The van der Waals surface area contributed by atoms with Gasteiger partial charge in [0.15, 0.2) is 0 Å². The van der Waals surface area contributed by atoms with E-state index in [1.165, 1.54) is 4.90 Å². The van der Waals surface area contributed by atoms with Crippen LogP contribution in [0.4, 0.5) is 0 Å². The van der Waals surface area contributed by atoms with Gasteiger partial charge in [0.05, 0.1) is 7.11 Å². The molecule has 0 saturated carbocycles. The number of amides is 1. The average molecular weight is 339 g/mol. The van der Waals surface area contributed by atoms with Crippen molar-refractivity contribution in [2.24, 2.45) is 0 Å². The number of ether oxygens (including phenoxy) is 1. The number of carbonyl (C=O) groups is 2. The highest BCUT2D eigenvalue weighted by Gasteiger charge is 2.34. The summed E-state index contributed by atoms with van der Waals surface area (Å²) in [5.41, 5.74) is 2.97. The van der Waals surface area contributed by atoms with Crippen LogP contribution in [0.3, 0.4) is 0 Å². The van der Waals surface area contributed by atoms with Gasteiger partial charge in [-0.25, -0.2) is 4.79 Å². The number of fused-ring (bicyclic) bond motifs is 1. The third-order valence-electron chi connectivity index (χ3n) is 4.65. The molecule has 3 rings (SSSR count). The standard InChI is InChI=1S/C20H21NO4/c1-25-18-9-5-4-6-14(18)10-11-19(22)21-13-16-8-3-2-7-15(16)12-17(21)20(23)24/h2-9,17H,10-13H2,1H3,(H,23,24)/t17-/m0/s1. The van der Waals surface area contributed by atoms with Gasteiger partial charge < -0.3 is 14.7 Å². The van der Waals surface area contributed by atoms with E-state index < -0.39 is 12.0 Å². The molecule has 1 heterocycles. The van der Waals surface area contributed by atoms with Gasteiger partial charge in [0, 0.05) is 19.4 Å². The summed E-state index contributed by atoms with van der Waals surface area (Å²) in [6.45, 7) is 0.345. The third-order valence-corrected chi connectivity index (χ3v) is 4.65. The first-order chi connectivity index (χ1) is 12.1. The van der Waals surface area contributed by atoms with E-state index in [1.807, 2.05) is 48.5 Å². The lowest BCUT2D eigenvalue weighted by Crippen LogP contribution is -2.48. The van der Waals surface area contributed by atoms with Crippen LogP contribution in [0.1, 0.15) is 23.1 Å². The Labute approximate surface area is 146 Å². The number of aliphatic carboxylic acids is 1. The van der Waals surface area contributed by atoms with Gasteiger partial charge in [-0.15, -0.1) is 0 Å². The molecule has 1 atom stereocenters. The number of carboxylic acid groups (broad SMARTS) is 1. The van der Waals surface area contributed by atoms with E-state index in [9.17, 15) is 14.7 Å². The Balaban J connectivity index is 1.75. The van der Waals surface area contributed by atoms with Crippen molar-refractivity contribution in [2.75, 3.05) is 7.11 Å². The zero-order valence-corrected chi connectivity index (χ0v) is 14.1. The molecule has 0 aromatic heterocycles. The van der Waals surface area contributed by atoms with Gasteiger partial charge in [-0.3, -0.25) is 4.79 Å². The minimum absolute atomic E-state index is 0.146. The van der Waals surface area contributed by atoms with E-state index in [-0.39, 0.29) is 12.3 Å². The topological polar surface area (TPSA) is 66.8 Å². The monoisotopic (exact) mass is 339 g/mol. The molecule has 2 aromatic rings. The molecular weight excluding hydrogens is 318 g/mol. The molecule has 5 heteroatoms. The molecule has 130 valence electrons. The van der Waals surface area contributed by atoms with Gasteiger partial charge in [-0.05, 0) is 29.2 Å². The molecule has 1 N–H and O–H groups in total. The number of hydrogen-bond acceptors (Lipinski definition) is 3. The van der Waals surface area contributed by atoms with Gasteiger partial charge in [0.2, 0.25) is 5.91 Å². The fourth-order valence-corrected chi connectivity index (χ4v) is 3.30. The van der Waals surface area contributed by atoms with Crippen LogP contribution in [0.2, 0.25) is 0 Å². The molecule has 0 fully saturated rings. The second-order valence-corrected chi connectivity index (χ2v) is 6.16. The Kier molecular flexibility index (Phi) is 5.03. The van der Waals surface area contributed by atoms with Crippen LogP contribution in [0.25, 0.3) is 0 Å². The second kappa shape index (κ2) is 7.38. The predicted molar refractivity (Wildman–Crippen MR) is 93.4 cm³/mol. The Hall–Kier alpha value is -2.82. The molecule has 25 heavy (non-hydrogen) atoms. The molecule has 0 bridgehead atoms. The van der Waals surface area contributed by atoms with Gasteiger partial charge in [0.1, 0.15) is 11.8 Å². The van der Waals surface area contributed by atoms with Crippen molar-refractivity contribution in [3.8, 4) is 5.75 Å². The lowest BCUT2D eigenvalue weighted by Gasteiger charge is -2.34. The van der Waals surface area contributed by atoms with E-state index in [0.29, 0.717) is 19.4 Å². The first-order valence-corrected chi connectivity index (χ1v) is 8.31.